The van der Waals surface area contributed by atoms with Crippen molar-refractivity contribution in [2.45, 2.75) is 38.8 Å². The average molecular weight is 403 g/mol. The molecule has 1 aliphatic rings. The van der Waals surface area contributed by atoms with Crippen LogP contribution in [0, 0.1) is 0 Å². The highest BCUT2D eigenvalue weighted by Gasteiger charge is 2.27. The van der Waals surface area contributed by atoms with Gasteiger partial charge in [0.2, 0.25) is 5.43 Å². The van der Waals surface area contributed by atoms with Crippen molar-refractivity contribution in [1.82, 2.24) is 4.57 Å². The van der Waals surface area contributed by atoms with Gasteiger partial charge in [-0.05, 0) is 42.9 Å². The zero-order valence-electron chi connectivity index (χ0n) is 17.0. The van der Waals surface area contributed by atoms with Gasteiger partial charge in [0.15, 0.2) is 0 Å². The summed E-state index contributed by atoms with van der Waals surface area (Å²) in [6.07, 6.45) is 2.77. The van der Waals surface area contributed by atoms with Crippen molar-refractivity contribution in [3.63, 3.8) is 0 Å². The van der Waals surface area contributed by atoms with Crippen molar-refractivity contribution in [1.29, 1.82) is 0 Å². The van der Waals surface area contributed by atoms with Gasteiger partial charge in [-0.2, -0.15) is 0 Å². The lowest BCUT2D eigenvalue weighted by atomic mass is 9.91. The van der Waals surface area contributed by atoms with Gasteiger partial charge in [0.1, 0.15) is 5.56 Å². The molecule has 3 aromatic rings. The van der Waals surface area contributed by atoms with E-state index in [2.05, 4.69) is 36.4 Å². The zero-order chi connectivity index (χ0) is 21.1. The minimum atomic E-state index is -0.845. The minimum absolute atomic E-state index is 0.0162. The third kappa shape index (κ3) is 3.94. The van der Waals surface area contributed by atoms with Crippen LogP contribution < -0.4 is 5.43 Å². The van der Waals surface area contributed by atoms with Crippen LogP contribution in [-0.2, 0) is 17.7 Å². The monoisotopic (exact) mass is 403 g/mol. The van der Waals surface area contributed by atoms with E-state index in [9.17, 15) is 14.7 Å². The summed E-state index contributed by atoms with van der Waals surface area (Å²) in [5, 5.41) is 10.5. The van der Waals surface area contributed by atoms with Gasteiger partial charge < -0.3 is 14.4 Å². The Morgan fingerprint density at radius 2 is 1.80 bits per heavy atom. The van der Waals surface area contributed by atoms with Crippen molar-refractivity contribution in [3.8, 4) is 11.1 Å². The third-order valence-electron chi connectivity index (χ3n) is 5.57. The molecule has 1 aromatic heterocycles. The number of hydrogen-bond donors (Lipinski definition) is 1. The molecule has 0 saturated heterocycles. The number of fused-ring (bicyclic) bond motifs is 1. The van der Waals surface area contributed by atoms with Crippen LogP contribution in [0.3, 0.4) is 0 Å². The largest absolute Gasteiger partial charge is 0.462 e. The zero-order valence-corrected chi connectivity index (χ0v) is 17.0. The first-order valence-electron chi connectivity index (χ1n) is 10.3. The van der Waals surface area contributed by atoms with Crippen LogP contribution in [0.15, 0.2) is 65.6 Å². The second kappa shape index (κ2) is 8.67. The summed E-state index contributed by atoms with van der Waals surface area (Å²) in [5.41, 5.74) is 4.05. The van der Waals surface area contributed by atoms with Gasteiger partial charge in [-0.3, -0.25) is 4.79 Å². The number of carbonyl (C=O) groups is 1. The first-order chi connectivity index (χ1) is 14.6. The van der Waals surface area contributed by atoms with Crippen molar-refractivity contribution in [3.05, 3.63) is 93.4 Å². The van der Waals surface area contributed by atoms with E-state index < -0.39 is 17.5 Å². The Morgan fingerprint density at radius 3 is 2.50 bits per heavy atom. The predicted molar refractivity (Wildman–Crippen MR) is 116 cm³/mol. The molecule has 5 heteroatoms. The molecule has 4 rings (SSSR count). The van der Waals surface area contributed by atoms with Crippen LogP contribution in [-0.4, -0.2) is 22.2 Å². The molecular weight excluding hydrogens is 378 g/mol. The number of aromatic nitrogens is 1. The Labute approximate surface area is 175 Å². The molecule has 0 saturated carbocycles. The molecule has 5 nitrogen and oxygen atoms in total. The van der Waals surface area contributed by atoms with Gasteiger partial charge in [0.25, 0.3) is 0 Å². The Bertz CT molecular complexity index is 1100. The van der Waals surface area contributed by atoms with E-state index in [1.165, 1.54) is 0 Å². The number of pyridine rings is 1. The standard InChI is InChI=1S/C25H25NO4/c1-2-30-25(29)20-16-26(21-9-6-10-22(27)23(21)24(20)28)15-17-11-13-19(14-12-17)18-7-4-3-5-8-18/h3-5,7-8,11-14,16,22,27H,2,6,9-10,15H2,1H3. The SMILES string of the molecule is CCOC(=O)c1cn(Cc2ccc(-c3ccccc3)cc2)c2c(c1=O)C(O)CCC2. The van der Waals surface area contributed by atoms with Gasteiger partial charge in [-0.1, -0.05) is 54.6 Å². The molecule has 30 heavy (non-hydrogen) atoms. The van der Waals surface area contributed by atoms with E-state index in [0.717, 1.165) is 28.8 Å². The Morgan fingerprint density at radius 1 is 1.10 bits per heavy atom. The molecule has 1 heterocycles. The van der Waals surface area contributed by atoms with E-state index in [1.807, 2.05) is 22.8 Å². The first kappa shape index (κ1) is 20.1. The Kier molecular flexibility index (Phi) is 5.81. The summed E-state index contributed by atoms with van der Waals surface area (Å²) in [4.78, 5) is 25.2. The number of esters is 1. The Hall–Kier alpha value is -3.18. The summed E-state index contributed by atoms with van der Waals surface area (Å²) in [5.74, 6) is -0.642. The molecule has 1 unspecified atom stereocenters. The minimum Gasteiger partial charge on any atom is -0.462 e. The lowest BCUT2D eigenvalue weighted by molar-refractivity contribution is 0.0523. The highest BCUT2D eigenvalue weighted by Crippen LogP contribution is 2.28. The first-order valence-corrected chi connectivity index (χ1v) is 10.3. The highest BCUT2D eigenvalue weighted by atomic mass is 16.5. The van der Waals surface area contributed by atoms with Crippen LogP contribution in [0.2, 0.25) is 0 Å². The molecule has 1 atom stereocenters. The van der Waals surface area contributed by atoms with Crippen LogP contribution >= 0.6 is 0 Å². The Balaban J connectivity index is 1.71. The second-order valence-electron chi connectivity index (χ2n) is 7.55. The predicted octanol–water partition coefficient (Wildman–Crippen LogP) is 4.11. The maximum atomic E-state index is 12.9. The normalized spacial score (nSPS) is 15.5. The van der Waals surface area contributed by atoms with Crippen molar-refractivity contribution in [2.24, 2.45) is 0 Å². The number of hydrogen-bond acceptors (Lipinski definition) is 4. The molecule has 1 N–H and O–H groups in total. The van der Waals surface area contributed by atoms with Crippen LogP contribution in [0.1, 0.15) is 53.0 Å². The van der Waals surface area contributed by atoms with Gasteiger partial charge in [-0.25, -0.2) is 4.79 Å². The van der Waals surface area contributed by atoms with E-state index in [1.54, 1.807) is 13.1 Å². The van der Waals surface area contributed by atoms with Crippen molar-refractivity contribution in [2.75, 3.05) is 6.61 Å². The maximum Gasteiger partial charge on any atom is 0.343 e. The number of benzene rings is 2. The molecule has 154 valence electrons. The number of aliphatic hydroxyl groups excluding tert-OH is 1. The highest BCUT2D eigenvalue weighted by molar-refractivity contribution is 5.89. The van der Waals surface area contributed by atoms with Crippen LogP contribution in [0.5, 0.6) is 0 Å². The fourth-order valence-electron chi connectivity index (χ4n) is 4.08. The number of ether oxygens (including phenoxy) is 1. The van der Waals surface area contributed by atoms with Crippen LogP contribution in [0.25, 0.3) is 11.1 Å². The summed E-state index contributed by atoms with van der Waals surface area (Å²) < 4.78 is 6.99. The smallest absolute Gasteiger partial charge is 0.343 e. The molecular formula is C25H25NO4. The molecule has 2 aromatic carbocycles. The molecule has 0 amide bonds. The van der Waals surface area contributed by atoms with E-state index in [-0.39, 0.29) is 12.2 Å². The summed E-state index contributed by atoms with van der Waals surface area (Å²) >= 11 is 0. The number of carbonyl (C=O) groups excluding carboxylic acids is 1. The molecule has 0 spiro atoms. The quantitative estimate of drug-likeness (QED) is 0.651. The molecule has 0 bridgehead atoms. The van der Waals surface area contributed by atoms with E-state index in [0.29, 0.717) is 24.9 Å². The number of nitrogens with zero attached hydrogens (tertiary/aromatic N) is 1. The fraction of sp³-hybridized carbons (Fsp3) is 0.280. The lowest BCUT2D eigenvalue weighted by Crippen LogP contribution is -2.30. The van der Waals surface area contributed by atoms with Crippen LogP contribution in [0.4, 0.5) is 0 Å². The lowest BCUT2D eigenvalue weighted by Gasteiger charge is -2.25. The topological polar surface area (TPSA) is 68.5 Å². The summed E-state index contributed by atoms with van der Waals surface area (Å²) in [7, 11) is 0. The third-order valence-corrected chi connectivity index (χ3v) is 5.57. The molecule has 1 aliphatic carbocycles. The van der Waals surface area contributed by atoms with Gasteiger partial charge in [0, 0.05) is 24.0 Å². The molecule has 0 aliphatic heterocycles. The summed E-state index contributed by atoms with van der Waals surface area (Å²) in [6.45, 7) is 2.41. The van der Waals surface area contributed by atoms with Gasteiger partial charge in [0.05, 0.1) is 12.7 Å². The number of rotatable bonds is 5. The van der Waals surface area contributed by atoms with E-state index >= 15 is 0 Å². The average Bonchev–Trinajstić information content (AvgIpc) is 2.77. The van der Waals surface area contributed by atoms with Gasteiger partial charge in [-0.15, -0.1) is 0 Å². The van der Waals surface area contributed by atoms with Crippen molar-refractivity contribution >= 4 is 5.97 Å². The summed E-state index contributed by atoms with van der Waals surface area (Å²) in [6, 6.07) is 18.4. The maximum absolute atomic E-state index is 12.9. The van der Waals surface area contributed by atoms with E-state index in [4.69, 9.17) is 4.74 Å². The fourth-order valence-corrected chi connectivity index (χ4v) is 4.08. The van der Waals surface area contributed by atoms with Gasteiger partial charge >= 0.3 is 5.97 Å². The second-order valence-corrected chi connectivity index (χ2v) is 7.55. The molecule has 0 radical (unpaired) electrons. The van der Waals surface area contributed by atoms with Crippen molar-refractivity contribution < 1.29 is 14.6 Å². The molecule has 0 fully saturated rings. The number of aliphatic hydroxyl groups is 1.